The lowest BCUT2D eigenvalue weighted by molar-refractivity contribution is 0.0858. The number of carbonyl (C=O) groups excluding carboxylic acids is 1. The number of hydrogen-bond acceptors (Lipinski definition) is 5. The van der Waals surface area contributed by atoms with Gasteiger partial charge in [-0.25, -0.2) is 0 Å². The summed E-state index contributed by atoms with van der Waals surface area (Å²) in [6.45, 7) is 8.50. The Bertz CT molecular complexity index is 557. The third-order valence-corrected chi connectivity index (χ3v) is 4.52. The van der Waals surface area contributed by atoms with Gasteiger partial charge in [0.1, 0.15) is 13.2 Å². The van der Waals surface area contributed by atoms with Crippen molar-refractivity contribution in [1.82, 2.24) is 9.80 Å². The average Bonchev–Trinajstić information content (AvgIpc) is 2.54. The molecular weight excluding hydrogens is 304 g/mol. The molecule has 0 radical (unpaired) electrons. The molecule has 6 heteroatoms. The van der Waals surface area contributed by atoms with Crippen LogP contribution in [-0.2, 0) is 0 Å². The van der Waals surface area contributed by atoms with Crippen molar-refractivity contribution in [3.63, 3.8) is 0 Å². The van der Waals surface area contributed by atoms with Gasteiger partial charge in [-0.2, -0.15) is 0 Å². The number of carbonyl (C=O) groups is 1. The highest BCUT2D eigenvalue weighted by Crippen LogP contribution is 2.35. The van der Waals surface area contributed by atoms with E-state index in [1.807, 2.05) is 0 Å². The minimum absolute atomic E-state index is 0.0342. The van der Waals surface area contributed by atoms with Crippen LogP contribution in [0.2, 0.25) is 5.02 Å². The van der Waals surface area contributed by atoms with Crippen LogP contribution in [0.1, 0.15) is 17.3 Å². The summed E-state index contributed by atoms with van der Waals surface area (Å²) in [6, 6.07) is 3.39. The van der Waals surface area contributed by atoms with Crippen molar-refractivity contribution in [2.75, 3.05) is 52.5 Å². The Morgan fingerprint density at radius 1 is 1.09 bits per heavy atom. The van der Waals surface area contributed by atoms with Crippen molar-refractivity contribution in [2.45, 2.75) is 6.92 Å². The first-order valence-corrected chi connectivity index (χ1v) is 8.12. The van der Waals surface area contributed by atoms with Gasteiger partial charge in [-0.1, -0.05) is 18.5 Å². The van der Waals surface area contributed by atoms with Gasteiger partial charge in [0.25, 0.3) is 0 Å². The maximum atomic E-state index is 12.5. The van der Waals surface area contributed by atoms with E-state index in [-0.39, 0.29) is 5.78 Å². The van der Waals surface area contributed by atoms with Crippen molar-refractivity contribution in [2.24, 2.45) is 0 Å². The molecule has 1 fully saturated rings. The fraction of sp³-hybridized carbons (Fsp3) is 0.562. The molecule has 0 amide bonds. The fourth-order valence-electron chi connectivity index (χ4n) is 2.83. The number of benzene rings is 1. The maximum absolute atomic E-state index is 12.5. The van der Waals surface area contributed by atoms with Gasteiger partial charge in [-0.3, -0.25) is 9.69 Å². The van der Waals surface area contributed by atoms with Gasteiger partial charge in [0.05, 0.1) is 11.6 Å². The molecule has 22 heavy (non-hydrogen) atoms. The summed E-state index contributed by atoms with van der Waals surface area (Å²) in [5, 5.41) is 0.432. The molecule has 1 aromatic rings. The average molecular weight is 325 g/mol. The summed E-state index contributed by atoms with van der Waals surface area (Å²) in [5.41, 5.74) is 0.517. The van der Waals surface area contributed by atoms with Gasteiger partial charge in [0, 0.05) is 37.8 Å². The van der Waals surface area contributed by atoms with Crippen molar-refractivity contribution < 1.29 is 14.3 Å². The molecule has 0 aliphatic carbocycles. The Balaban J connectivity index is 1.67. The Morgan fingerprint density at radius 2 is 1.68 bits per heavy atom. The third kappa shape index (κ3) is 3.37. The molecule has 0 N–H and O–H groups in total. The number of halogens is 1. The lowest BCUT2D eigenvalue weighted by atomic mass is 10.1. The minimum atomic E-state index is 0.0342. The van der Waals surface area contributed by atoms with Gasteiger partial charge in [-0.15, -0.1) is 0 Å². The highest BCUT2D eigenvalue weighted by molar-refractivity contribution is 6.34. The van der Waals surface area contributed by atoms with Crippen molar-refractivity contribution in [3.05, 3.63) is 22.7 Å². The summed E-state index contributed by atoms with van der Waals surface area (Å²) in [5.74, 6) is 1.26. The zero-order valence-corrected chi connectivity index (χ0v) is 13.6. The first kappa shape index (κ1) is 15.6. The quantitative estimate of drug-likeness (QED) is 0.792. The smallest absolute Gasteiger partial charge is 0.178 e. The van der Waals surface area contributed by atoms with Crippen LogP contribution in [0.3, 0.4) is 0 Å². The second-order valence-corrected chi connectivity index (χ2v) is 6.02. The predicted molar refractivity (Wildman–Crippen MR) is 85.3 cm³/mol. The predicted octanol–water partition coefficient (Wildman–Crippen LogP) is 1.93. The summed E-state index contributed by atoms with van der Waals surface area (Å²) < 4.78 is 11.0. The maximum Gasteiger partial charge on any atom is 0.178 e. The standard InChI is InChI=1S/C16H21ClN2O3/c1-2-18-3-5-19(6-4-18)11-14(20)12-9-15-16(10-13(12)17)22-8-7-21-15/h9-10H,2-8,11H2,1H3. The van der Waals surface area contributed by atoms with Gasteiger partial charge in [0.15, 0.2) is 17.3 Å². The van der Waals surface area contributed by atoms with E-state index in [2.05, 4.69) is 16.7 Å². The van der Waals surface area contributed by atoms with Gasteiger partial charge in [-0.05, 0) is 12.6 Å². The molecule has 3 rings (SSSR count). The second kappa shape index (κ2) is 6.86. The van der Waals surface area contributed by atoms with Crippen LogP contribution in [-0.4, -0.2) is 68.1 Å². The van der Waals surface area contributed by atoms with Crippen molar-refractivity contribution >= 4 is 17.4 Å². The van der Waals surface area contributed by atoms with Gasteiger partial charge in [0.2, 0.25) is 0 Å². The molecule has 0 spiro atoms. The molecule has 2 aliphatic heterocycles. The molecule has 120 valence electrons. The second-order valence-electron chi connectivity index (χ2n) is 5.61. The summed E-state index contributed by atoms with van der Waals surface area (Å²) in [6.07, 6.45) is 0. The molecular formula is C16H21ClN2O3. The molecule has 1 aromatic carbocycles. The zero-order chi connectivity index (χ0) is 15.5. The number of nitrogens with zero attached hydrogens (tertiary/aromatic N) is 2. The number of fused-ring (bicyclic) bond motifs is 1. The van der Waals surface area contributed by atoms with Crippen molar-refractivity contribution in [3.8, 4) is 11.5 Å². The fourth-order valence-corrected chi connectivity index (χ4v) is 3.09. The molecule has 1 saturated heterocycles. The zero-order valence-electron chi connectivity index (χ0n) is 12.8. The van der Waals surface area contributed by atoms with Crippen LogP contribution < -0.4 is 9.47 Å². The van der Waals surface area contributed by atoms with Crippen LogP contribution in [0.25, 0.3) is 0 Å². The number of Topliss-reactive ketones (excluding diaryl/α,β-unsaturated/α-hetero) is 1. The van der Waals surface area contributed by atoms with Gasteiger partial charge >= 0.3 is 0 Å². The number of piperazine rings is 1. The van der Waals surface area contributed by atoms with Crippen LogP contribution in [0.5, 0.6) is 11.5 Å². The normalized spacial score (nSPS) is 19.2. The summed E-state index contributed by atoms with van der Waals surface area (Å²) >= 11 is 6.24. The van der Waals surface area contributed by atoms with E-state index < -0.39 is 0 Å². The molecule has 5 nitrogen and oxygen atoms in total. The molecule has 0 bridgehead atoms. The molecule has 0 saturated carbocycles. The molecule has 2 heterocycles. The molecule has 0 atom stereocenters. The van der Waals surface area contributed by atoms with E-state index in [4.69, 9.17) is 21.1 Å². The lowest BCUT2D eigenvalue weighted by Crippen LogP contribution is -2.47. The lowest BCUT2D eigenvalue weighted by Gasteiger charge is -2.33. The SMILES string of the molecule is CCN1CCN(CC(=O)c2cc3c(cc2Cl)OCCO3)CC1. The van der Waals surface area contributed by atoms with E-state index >= 15 is 0 Å². The Hall–Kier alpha value is -1.30. The highest BCUT2D eigenvalue weighted by Gasteiger charge is 2.22. The Morgan fingerprint density at radius 3 is 2.32 bits per heavy atom. The van der Waals surface area contributed by atoms with E-state index in [9.17, 15) is 4.79 Å². The summed E-state index contributed by atoms with van der Waals surface area (Å²) in [7, 11) is 0. The van der Waals surface area contributed by atoms with Gasteiger partial charge < -0.3 is 14.4 Å². The number of likely N-dealkylation sites (N-methyl/N-ethyl adjacent to an activating group) is 1. The topological polar surface area (TPSA) is 42.0 Å². The Labute approximate surface area is 135 Å². The van der Waals surface area contributed by atoms with Crippen molar-refractivity contribution in [1.29, 1.82) is 0 Å². The van der Waals surface area contributed by atoms with E-state index in [0.717, 1.165) is 32.7 Å². The number of rotatable bonds is 4. The highest BCUT2D eigenvalue weighted by atomic mass is 35.5. The monoisotopic (exact) mass is 324 g/mol. The molecule has 2 aliphatic rings. The van der Waals surface area contributed by atoms with E-state index in [0.29, 0.717) is 41.8 Å². The first-order chi connectivity index (χ1) is 10.7. The summed E-state index contributed by atoms with van der Waals surface area (Å²) in [4.78, 5) is 17.1. The molecule has 0 unspecified atom stereocenters. The largest absolute Gasteiger partial charge is 0.486 e. The van der Waals surface area contributed by atoms with Crippen LogP contribution in [0, 0.1) is 0 Å². The Kier molecular flexibility index (Phi) is 4.86. The first-order valence-electron chi connectivity index (χ1n) is 7.74. The number of ether oxygens (including phenoxy) is 2. The van der Waals surface area contributed by atoms with Crippen LogP contribution in [0.15, 0.2) is 12.1 Å². The number of hydrogen-bond donors (Lipinski definition) is 0. The van der Waals surface area contributed by atoms with E-state index in [1.54, 1.807) is 12.1 Å². The molecule has 0 aromatic heterocycles. The minimum Gasteiger partial charge on any atom is -0.486 e. The number of ketones is 1. The van der Waals surface area contributed by atoms with Crippen LogP contribution >= 0.6 is 11.6 Å². The van der Waals surface area contributed by atoms with E-state index in [1.165, 1.54) is 0 Å². The third-order valence-electron chi connectivity index (χ3n) is 4.21. The van der Waals surface area contributed by atoms with Crippen LogP contribution in [0.4, 0.5) is 0 Å².